The summed E-state index contributed by atoms with van der Waals surface area (Å²) in [6.45, 7) is 0. The fraction of sp³-hybridized carbons (Fsp3) is 0. The molecule has 0 fully saturated rings. The van der Waals surface area contributed by atoms with Gasteiger partial charge in [-0.25, -0.2) is 4.98 Å². The van der Waals surface area contributed by atoms with E-state index in [1.807, 2.05) is 60.7 Å². The van der Waals surface area contributed by atoms with Crippen molar-refractivity contribution in [3.63, 3.8) is 0 Å². The Morgan fingerprint density at radius 2 is 0.930 bits per heavy atom. The first-order valence-corrected chi connectivity index (χ1v) is 14.5. The molecule has 200 valence electrons. The van der Waals surface area contributed by atoms with Crippen LogP contribution < -0.4 is 0 Å². The molecule has 4 nitrogen and oxygen atoms in total. The molecule has 0 atom stereocenters. The van der Waals surface area contributed by atoms with Crippen LogP contribution in [0.2, 0.25) is 0 Å². The van der Waals surface area contributed by atoms with Crippen LogP contribution in [0, 0.1) is 0 Å². The minimum Gasteiger partial charge on any atom is -0.277 e. The van der Waals surface area contributed by atoms with Gasteiger partial charge in [-0.2, -0.15) is 9.97 Å². The third-order valence-corrected chi connectivity index (χ3v) is 8.43. The number of benzene rings is 7. The van der Waals surface area contributed by atoms with E-state index in [2.05, 4.69) is 89.5 Å². The predicted octanol–water partition coefficient (Wildman–Crippen LogP) is 9.76. The Kier molecular flexibility index (Phi) is 5.16. The maximum Gasteiger partial charge on any atom is 0.238 e. The Bertz CT molecular complexity index is 2440. The average molecular weight is 549 g/mol. The van der Waals surface area contributed by atoms with E-state index >= 15 is 0 Å². The van der Waals surface area contributed by atoms with Crippen LogP contribution in [0.4, 0.5) is 0 Å². The molecule has 0 aliphatic rings. The fourth-order valence-electron chi connectivity index (χ4n) is 6.47. The number of nitrogens with zero attached hydrogens (tertiary/aromatic N) is 4. The molecule has 0 aliphatic heterocycles. The highest BCUT2D eigenvalue weighted by Gasteiger charge is 2.20. The summed E-state index contributed by atoms with van der Waals surface area (Å²) in [5.74, 6) is 1.89. The van der Waals surface area contributed by atoms with E-state index in [0.717, 1.165) is 22.2 Å². The second-order valence-corrected chi connectivity index (χ2v) is 10.9. The van der Waals surface area contributed by atoms with Gasteiger partial charge in [0.25, 0.3) is 0 Å². The zero-order valence-corrected chi connectivity index (χ0v) is 23.1. The highest BCUT2D eigenvalue weighted by atomic mass is 15.2. The molecule has 9 aromatic rings. The van der Waals surface area contributed by atoms with Crippen LogP contribution in [0.25, 0.3) is 82.8 Å². The van der Waals surface area contributed by atoms with E-state index < -0.39 is 0 Å². The first-order chi connectivity index (χ1) is 21.3. The van der Waals surface area contributed by atoms with Gasteiger partial charge < -0.3 is 0 Å². The normalized spacial score (nSPS) is 11.7. The largest absolute Gasteiger partial charge is 0.277 e. The minimum atomic E-state index is 0.601. The van der Waals surface area contributed by atoms with Crippen LogP contribution in [0.15, 0.2) is 146 Å². The standard InChI is InChI=1S/C39H24N4/c1-3-12-27(13-4-1)37-40-38(28-14-5-2-6-15-28)42-39(41-37)43-34-18-10-9-17-31(34)33-24-21-26-20-22-30-29-16-8-7-11-25(29)19-23-32(30)35(26)36(33)43/h1-24H. The van der Waals surface area contributed by atoms with Gasteiger partial charge in [0.2, 0.25) is 5.95 Å². The monoisotopic (exact) mass is 548 g/mol. The molecule has 0 saturated heterocycles. The van der Waals surface area contributed by atoms with Gasteiger partial charge in [-0.3, -0.25) is 4.57 Å². The Morgan fingerprint density at radius 3 is 1.65 bits per heavy atom. The highest BCUT2D eigenvalue weighted by molar-refractivity contribution is 6.27. The lowest BCUT2D eigenvalue weighted by Gasteiger charge is -2.13. The van der Waals surface area contributed by atoms with Gasteiger partial charge >= 0.3 is 0 Å². The molecule has 0 spiro atoms. The molecule has 0 radical (unpaired) electrons. The lowest BCUT2D eigenvalue weighted by molar-refractivity contribution is 0.955. The minimum absolute atomic E-state index is 0.601. The van der Waals surface area contributed by atoms with Gasteiger partial charge in [0.1, 0.15) is 0 Å². The Labute approximate surface area is 247 Å². The third kappa shape index (κ3) is 3.67. The lowest BCUT2D eigenvalue weighted by atomic mass is 9.95. The number of aromatic nitrogens is 4. The Hall–Kier alpha value is -5.87. The van der Waals surface area contributed by atoms with Crippen molar-refractivity contribution in [3.05, 3.63) is 146 Å². The van der Waals surface area contributed by atoms with Gasteiger partial charge in [0.15, 0.2) is 11.6 Å². The summed E-state index contributed by atoms with van der Waals surface area (Å²) >= 11 is 0. The SMILES string of the molecule is c1ccc(-c2nc(-c3ccccc3)nc(-n3c4ccccc4c4ccc5ccc6c7ccccc7ccc6c5c43)n2)cc1. The van der Waals surface area contributed by atoms with Crippen LogP contribution in [-0.4, -0.2) is 19.5 Å². The molecular weight excluding hydrogens is 524 g/mol. The van der Waals surface area contributed by atoms with Gasteiger partial charge in [-0.15, -0.1) is 0 Å². The van der Waals surface area contributed by atoms with E-state index in [1.54, 1.807) is 0 Å². The molecular formula is C39H24N4. The summed E-state index contributed by atoms with van der Waals surface area (Å²) in [5.41, 5.74) is 4.06. The van der Waals surface area contributed by atoms with Crippen LogP contribution in [0.1, 0.15) is 0 Å². The van der Waals surface area contributed by atoms with E-state index in [4.69, 9.17) is 15.0 Å². The van der Waals surface area contributed by atoms with Gasteiger partial charge in [-0.05, 0) is 33.0 Å². The summed E-state index contributed by atoms with van der Waals surface area (Å²) in [5, 5.41) is 9.65. The second kappa shape index (κ2) is 9.33. The van der Waals surface area contributed by atoms with Crippen LogP contribution >= 0.6 is 0 Å². The fourth-order valence-corrected chi connectivity index (χ4v) is 6.47. The average Bonchev–Trinajstić information content (AvgIpc) is 3.43. The summed E-state index contributed by atoms with van der Waals surface area (Å²) in [4.78, 5) is 15.3. The van der Waals surface area contributed by atoms with Crippen molar-refractivity contribution in [2.45, 2.75) is 0 Å². The molecule has 43 heavy (non-hydrogen) atoms. The van der Waals surface area contributed by atoms with Gasteiger partial charge in [-0.1, -0.05) is 140 Å². The van der Waals surface area contributed by atoms with Crippen molar-refractivity contribution < 1.29 is 0 Å². The van der Waals surface area contributed by atoms with Crippen molar-refractivity contribution in [1.29, 1.82) is 0 Å². The second-order valence-electron chi connectivity index (χ2n) is 10.9. The van der Waals surface area contributed by atoms with Crippen molar-refractivity contribution in [2.75, 3.05) is 0 Å². The molecule has 0 aliphatic carbocycles. The molecule has 0 unspecified atom stereocenters. The van der Waals surface area contributed by atoms with Crippen molar-refractivity contribution in [2.24, 2.45) is 0 Å². The summed E-state index contributed by atoms with van der Waals surface area (Å²) in [6.07, 6.45) is 0. The molecule has 2 aromatic heterocycles. The number of rotatable bonds is 3. The van der Waals surface area contributed by atoms with E-state index in [0.29, 0.717) is 17.6 Å². The van der Waals surface area contributed by atoms with Crippen LogP contribution in [0.3, 0.4) is 0 Å². The Balaban J connectivity index is 1.46. The first-order valence-electron chi connectivity index (χ1n) is 14.5. The number of fused-ring (bicyclic) bond motifs is 9. The van der Waals surface area contributed by atoms with Crippen LogP contribution in [-0.2, 0) is 0 Å². The van der Waals surface area contributed by atoms with Gasteiger partial charge in [0.05, 0.1) is 11.0 Å². The molecule has 0 saturated carbocycles. The molecule has 4 heteroatoms. The molecule has 0 N–H and O–H groups in total. The van der Waals surface area contributed by atoms with Crippen LogP contribution in [0.5, 0.6) is 0 Å². The topological polar surface area (TPSA) is 43.6 Å². The van der Waals surface area contributed by atoms with Gasteiger partial charge in [0, 0.05) is 27.3 Å². The third-order valence-electron chi connectivity index (χ3n) is 8.43. The van der Waals surface area contributed by atoms with Crippen molar-refractivity contribution in [3.8, 4) is 28.7 Å². The van der Waals surface area contributed by atoms with E-state index in [1.165, 1.54) is 43.1 Å². The maximum atomic E-state index is 5.15. The molecule has 0 bridgehead atoms. The zero-order valence-electron chi connectivity index (χ0n) is 23.1. The molecule has 0 amide bonds. The summed E-state index contributed by atoms with van der Waals surface area (Å²) in [6, 6.07) is 50.9. The lowest BCUT2D eigenvalue weighted by Crippen LogP contribution is -2.06. The molecule has 7 aromatic carbocycles. The number of hydrogen-bond donors (Lipinski definition) is 0. The Morgan fingerprint density at radius 1 is 0.372 bits per heavy atom. The zero-order chi connectivity index (χ0) is 28.3. The van der Waals surface area contributed by atoms with Crippen molar-refractivity contribution >= 4 is 54.1 Å². The summed E-state index contributed by atoms with van der Waals surface area (Å²) < 4.78 is 2.24. The van der Waals surface area contributed by atoms with Crippen molar-refractivity contribution in [1.82, 2.24) is 19.5 Å². The smallest absolute Gasteiger partial charge is 0.238 e. The molecule has 9 rings (SSSR count). The van der Waals surface area contributed by atoms with E-state index in [9.17, 15) is 0 Å². The summed E-state index contributed by atoms with van der Waals surface area (Å²) in [7, 11) is 0. The predicted molar refractivity (Wildman–Crippen MR) is 178 cm³/mol. The van der Waals surface area contributed by atoms with E-state index in [-0.39, 0.29) is 0 Å². The first kappa shape index (κ1) is 23.8. The number of hydrogen-bond acceptors (Lipinski definition) is 3. The highest BCUT2D eigenvalue weighted by Crippen LogP contribution is 2.40. The number of para-hydroxylation sites is 1. The molecule has 2 heterocycles. The maximum absolute atomic E-state index is 5.15. The quantitative estimate of drug-likeness (QED) is 0.206.